The Bertz CT molecular complexity index is 754. The summed E-state index contributed by atoms with van der Waals surface area (Å²) in [5.41, 5.74) is 0.228. The Labute approximate surface area is 132 Å². The van der Waals surface area contributed by atoms with Crippen LogP contribution in [0.2, 0.25) is 0 Å². The fraction of sp³-hybridized carbons (Fsp3) is 0.278. The van der Waals surface area contributed by atoms with E-state index in [1.54, 1.807) is 31.2 Å². The molecular formula is C18H17F3O2. The van der Waals surface area contributed by atoms with E-state index in [0.717, 1.165) is 5.56 Å². The van der Waals surface area contributed by atoms with Gasteiger partial charge in [-0.2, -0.15) is 0 Å². The first-order chi connectivity index (χ1) is 10.9. The van der Waals surface area contributed by atoms with Crippen molar-refractivity contribution in [2.45, 2.75) is 33.6 Å². The predicted molar refractivity (Wildman–Crippen MR) is 81.2 cm³/mol. The number of halogens is 3. The molecule has 0 aliphatic heterocycles. The van der Waals surface area contributed by atoms with Crippen LogP contribution in [0.4, 0.5) is 13.2 Å². The number of rotatable bonds is 4. The number of para-hydroxylation sites is 1. The van der Waals surface area contributed by atoms with Gasteiger partial charge in [0.25, 0.3) is 0 Å². The van der Waals surface area contributed by atoms with E-state index in [0.29, 0.717) is 6.42 Å². The fourth-order valence-corrected chi connectivity index (χ4v) is 2.53. The zero-order valence-corrected chi connectivity index (χ0v) is 13.2. The van der Waals surface area contributed by atoms with Crippen molar-refractivity contribution in [1.29, 1.82) is 0 Å². The topological polar surface area (TPSA) is 26.3 Å². The van der Waals surface area contributed by atoms with Crippen molar-refractivity contribution in [3.63, 3.8) is 0 Å². The molecule has 0 fully saturated rings. The summed E-state index contributed by atoms with van der Waals surface area (Å²) in [4.78, 5) is 12.3. The lowest BCUT2D eigenvalue weighted by Crippen LogP contribution is -2.17. The zero-order valence-electron chi connectivity index (χ0n) is 13.2. The third-order valence-corrected chi connectivity index (χ3v) is 3.81. The van der Waals surface area contributed by atoms with Crippen LogP contribution in [0.1, 0.15) is 40.9 Å². The summed E-state index contributed by atoms with van der Waals surface area (Å²) in [6, 6.07) is 6.81. The molecule has 0 aliphatic carbocycles. The number of esters is 1. The van der Waals surface area contributed by atoms with Crippen LogP contribution in [0.5, 0.6) is 5.75 Å². The maximum Gasteiger partial charge on any atom is 0.346 e. The molecule has 2 rings (SSSR count). The summed E-state index contributed by atoms with van der Waals surface area (Å²) in [5, 5.41) is 0. The van der Waals surface area contributed by atoms with Gasteiger partial charge >= 0.3 is 5.97 Å². The van der Waals surface area contributed by atoms with Gasteiger partial charge in [-0.25, -0.2) is 18.0 Å². The predicted octanol–water partition coefficient (Wildman–Crippen LogP) is 4.76. The lowest BCUT2D eigenvalue weighted by Gasteiger charge is -2.14. The molecule has 0 bridgehead atoms. The Balaban J connectivity index is 2.50. The minimum atomic E-state index is -1.65. The summed E-state index contributed by atoms with van der Waals surface area (Å²) in [7, 11) is 0. The van der Waals surface area contributed by atoms with Crippen LogP contribution in [0.3, 0.4) is 0 Å². The molecule has 0 spiro atoms. The van der Waals surface area contributed by atoms with E-state index in [4.69, 9.17) is 4.74 Å². The van der Waals surface area contributed by atoms with Gasteiger partial charge in [0.2, 0.25) is 0 Å². The second-order valence-electron chi connectivity index (χ2n) is 5.12. The minimum absolute atomic E-state index is 0.0281. The fourth-order valence-electron chi connectivity index (χ4n) is 2.53. The van der Waals surface area contributed by atoms with Crippen molar-refractivity contribution >= 4 is 5.97 Å². The maximum absolute atomic E-state index is 14.1. The molecule has 0 saturated heterocycles. The van der Waals surface area contributed by atoms with Crippen molar-refractivity contribution in [2.24, 2.45) is 0 Å². The SMILES string of the molecule is CCc1ccccc1OC(=O)c1c(C)c(CC)c(F)c(F)c1F. The van der Waals surface area contributed by atoms with Gasteiger partial charge < -0.3 is 4.74 Å². The molecule has 0 atom stereocenters. The van der Waals surface area contributed by atoms with E-state index >= 15 is 0 Å². The Morgan fingerprint density at radius 2 is 1.65 bits per heavy atom. The molecule has 0 saturated carbocycles. The average molecular weight is 322 g/mol. The Kier molecular flexibility index (Phi) is 5.08. The highest BCUT2D eigenvalue weighted by molar-refractivity contribution is 5.93. The summed E-state index contributed by atoms with van der Waals surface area (Å²) in [5.74, 6) is -5.18. The normalized spacial score (nSPS) is 10.7. The number of hydrogen-bond acceptors (Lipinski definition) is 2. The molecule has 0 heterocycles. The first-order valence-corrected chi connectivity index (χ1v) is 7.38. The van der Waals surface area contributed by atoms with Gasteiger partial charge in [0.05, 0.1) is 0 Å². The summed E-state index contributed by atoms with van der Waals surface area (Å²) in [6.45, 7) is 4.86. The molecule has 2 aromatic rings. The van der Waals surface area contributed by atoms with Crippen LogP contribution in [0.25, 0.3) is 0 Å². The quantitative estimate of drug-likeness (QED) is 0.461. The monoisotopic (exact) mass is 322 g/mol. The van der Waals surface area contributed by atoms with E-state index < -0.39 is 29.0 Å². The van der Waals surface area contributed by atoms with E-state index in [-0.39, 0.29) is 23.3 Å². The number of carbonyl (C=O) groups is 1. The molecule has 0 N–H and O–H groups in total. The van der Waals surface area contributed by atoms with Crippen LogP contribution in [-0.2, 0) is 12.8 Å². The molecule has 2 aromatic carbocycles. The van der Waals surface area contributed by atoms with Crippen LogP contribution in [0, 0.1) is 24.4 Å². The Hall–Kier alpha value is -2.30. The molecule has 0 radical (unpaired) electrons. The zero-order chi connectivity index (χ0) is 17.1. The van der Waals surface area contributed by atoms with Crippen LogP contribution in [-0.4, -0.2) is 5.97 Å². The molecule has 23 heavy (non-hydrogen) atoms. The number of aryl methyl sites for hydroxylation is 1. The largest absolute Gasteiger partial charge is 0.423 e. The van der Waals surface area contributed by atoms with Crippen molar-refractivity contribution in [2.75, 3.05) is 0 Å². The lowest BCUT2D eigenvalue weighted by molar-refractivity contribution is 0.0726. The highest BCUT2D eigenvalue weighted by Crippen LogP contribution is 2.27. The third kappa shape index (κ3) is 3.09. The molecule has 2 nitrogen and oxygen atoms in total. The standard InChI is InChI=1S/C18H17F3O2/c1-4-11-8-6-7-9-13(11)23-18(22)14-10(3)12(5-2)15(19)17(21)16(14)20/h6-9H,4-5H2,1-3H3. The number of ether oxygens (including phenoxy) is 1. The molecule has 5 heteroatoms. The number of hydrogen-bond donors (Lipinski definition) is 0. The van der Waals surface area contributed by atoms with Gasteiger partial charge in [0.1, 0.15) is 11.3 Å². The van der Waals surface area contributed by atoms with E-state index in [2.05, 4.69) is 0 Å². The summed E-state index contributed by atoms with van der Waals surface area (Å²) in [6.07, 6.45) is 0.754. The molecular weight excluding hydrogens is 305 g/mol. The first kappa shape index (κ1) is 17.1. The van der Waals surface area contributed by atoms with E-state index in [9.17, 15) is 18.0 Å². The molecule has 0 amide bonds. The van der Waals surface area contributed by atoms with E-state index in [1.807, 2.05) is 6.92 Å². The van der Waals surface area contributed by atoms with Crippen molar-refractivity contribution in [3.8, 4) is 5.75 Å². The molecule has 0 aliphatic rings. The summed E-state index contributed by atoms with van der Waals surface area (Å²) < 4.78 is 46.7. The van der Waals surface area contributed by atoms with Crippen molar-refractivity contribution in [3.05, 3.63) is 64.0 Å². The molecule has 0 aromatic heterocycles. The Morgan fingerprint density at radius 1 is 1.00 bits per heavy atom. The van der Waals surface area contributed by atoms with E-state index in [1.165, 1.54) is 6.92 Å². The van der Waals surface area contributed by atoms with Gasteiger partial charge in [0, 0.05) is 0 Å². The summed E-state index contributed by atoms with van der Waals surface area (Å²) >= 11 is 0. The van der Waals surface area contributed by atoms with Crippen LogP contribution >= 0.6 is 0 Å². The average Bonchev–Trinajstić information content (AvgIpc) is 2.54. The number of benzene rings is 2. The van der Waals surface area contributed by atoms with Crippen molar-refractivity contribution < 1.29 is 22.7 Å². The van der Waals surface area contributed by atoms with Gasteiger partial charge in [-0.1, -0.05) is 32.0 Å². The minimum Gasteiger partial charge on any atom is -0.423 e. The maximum atomic E-state index is 14.1. The Morgan fingerprint density at radius 3 is 2.26 bits per heavy atom. The molecule has 0 unspecified atom stereocenters. The van der Waals surface area contributed by atoms with Gasteiger partial charge in [-0.05, 0) is 42.5 Å². The van der Waals surface area contributed by atoms with Gasteiger partial charge in [-0.3, -0.25) is 0 Å². The second-order valence-corrected chi connectivity index (χ2v) is 5.12. The second kappa shape index (κ2) is 6.86. The smallest absolute Gasteiger partial charge is 0.346 e. The number of carbonyl (C=O) groups excluding carboxylic acids is 1. The highest BCUT2D eigenvalue weighted by atomic mass is 19.2. The lowest BCUT2D eigenvalue weighted by atomic mass is 9.98. The van der Waals surface area contributed by atoms with Crippen molar-refractivity contribution in [1.82, 2.24) is 0 Å². The molecule has 122 valence electrons. The van der Waals surface area contributed by atoms with Crippen LogP contribution in [0.15, 0.2) is 24.3 Å². The van der Waals surface area contributed by atoms with Gasteiger partial charge in [-0.15, -0.1) is 0 Å². The first-order valence-electron chi connectivity index (χ1n) is 7.38. The van der Waals surface area contributed by atoms with Gasteiger partial charge in [0.15, 0.2) is 17.5 Å². The highest BCUT2D eigenvalue weighted by Gasteiger charge is 2.27. The van der Waals surface area contributed by atoms with Crippen LogP contribution < -0.4 is 4.74 Å². The third-order valence-electron chi connectivity index (χ3n) is 3.81.